The summed E-state index contributed by atoms with van der Waals surface area (Å²) in [6.45, 7) is 2.12. The molecule has 1 aromatic rings. The topological polar surface area (TPSA) is 58.8 Å². The first-order valence-corrected chi connectivity index (χ1v) is 9.69. The third kappa shape index (κ3) is 8.11. The van der Waals surface area contributed by atoms with Gasteiger partial charge in [0.2, 0.25) is 0 Å². The molecule has 2 rings (SSSR count). The van der Waals surface area contributed by atoms with Crippen LogP contribution in [0.4, 0.5) is 0 Å². The summed E-state index contributed by atoms with van der Waals surface area (Å²) in [5.41, 5.74) is 0. The largest absolute Gasteiger partial charge is 0.469 e. The highest BCUT2D eigenvalue weighted by molar-refractivity contribution is 14.0. The lowest BCUT2D eigenvalue weighted by molar-refractivity contribution is 0.207. The molecule has 0 spiro atoms. The van der Waals surface area contributed by atoms with E-state index in [2.05, 4.69) is 21.9 Å². The predicted molar refractivity (Wildman–Crippen MR) is 113 cm³/mol. The lowest BCUT2D eigenvalue weighted by atomic mass is 9.95. The van der Waals surface area contributed by atoms with Gasteiger partial charge in [-0.1, -0.05) is 6.42 Å². The number of thioether (sulfide) groups is 1. The molecule has 0 radical (unpaired) electrons. The van der Waals surface area contributed by atoms with Crippen molar-refractivity contribution in [1.29, 1.82) is 0 Å². The Labute approximate surface area is 166 Å². The fraction of sp³-hybridized carbons (Fsp3) is 0.706. The smallest absolute Gasteiger partial charge is 0.191 e. The Bertz CT molecular complexity index is 457. The van der Waals surface area contributed by atoms with Crippen LogP contribution < -0.4 is 10.6 Å². The number of ether oxygens (including phenoxy) is 1. The van der Waals surface area contributed by atoms with E-state index in [4.69, 9.17) is 9.15 Å². The fourth-order valence-electron chi connectivity index (χ4n) is 2.84. The van der Waals surface area contributed by atoms with Gasteiger partial charge in [-0.05, 0) is 37.7 Å². The molecule has 5 nitrogen and oxygen atoms in total. The van der Waals surface area contributed by atoms with Crippen LogP contribution in [0.2, 0.25) is 0 Å². The van der Waals surface area contributed by atoms with Gasteiger partial charge in [0.15, 0.2) is 5.96 Å². The molecule has 2 atom stereocenters. The Morgan fingerprint density at radius 2 is 2.33 bits per heavy atom. The molecule has 1 saturated carbocycles. The lowest BCUT2D eigenvalue weighted by Crippen LogP contribution is -2.46. The molecule has 2 unspecified atom stereocenters. The van der Waals surface area contributed by atoms with E-state index in [1.54, 1.807) is 13.4 Å². The minimum Gasteiger partial charge on any atom is -0.469 e. The molecule has 0 saturated heterocycles. The quantitative estimate of drug-likeness (QED) is 0.266. The van der Waals surface area contributed by atoms with Crippen molar-refractivity contribution < 1.29 is 9.15 Å². The minimum absolute atomic E-state index is 0. The second-order valence-corrected chi connectivity index (χ2v) is 6.98. The first-order valence-electron chi connectivity index (χ1n) is 8.40. The number of halogens is 1. The highest BCUT2D eigenvalue weighted by Gasteiger charge is 2.21. The van der Waals surface area contributed by atoms with Gasteiger partial charge in [0.1, 0.15) is 5.76 Å². The molecular weight excluding hydrogens is 437 g/mol. The third-order valence-electron chi connectivity index (χ3n) is 4.11. The van der Waals surface area contributed by atoms with Crippen molar-refractivity contribution in [1.82, 2.24) is 10.6 Å². The summed E-state index contributed by atoms with van der Waals surface area (Å²) >= 11 is 1.98. The second-order valence-electron chi connectivity index (χ2n) is 5.84. The Hall–Kier alpha value is -0.410. The Morgan fingerprint density at radius 1 is 1.46 bits per heavy atom. The first-order chi connectivity index (χ1) is 11.3. The molecule has 0 bridgehead atoms. The lowest BCUT2D eigenvalue weighted by Gasteiger charge is -2.30. The van der Waals surface area contributed by atoms with Crippen LogP contribution >= 0.6 is 35.7 Å². The minimum atomic E-state index is 0. The summed E-state index contributed by atoms with van der Waals surface area (Å²) in [4.78, 5) is 4.61. The Kier molecular flexibility index (Phi) is 11.6. The summed E-state index contributed by atoms with van der Waals surface area (Å²) in [5, 5.41) is 7.78. The van der Waals surface area contributed by atoms with Crippen LogP contribution in [0.5, 0.6) is 0 Å². The predicted octanol–water partition coefficient (Wildman–Crippen LogP) is 3.30. The van der Waals surface area contributed by atoms with Crippen molar-refractivity contribution in [3.8, 4) is 0 Å². The van der Waals surface area contributed by atoms with E-state index in [1.165, 1.54) is 25.7 Å². The monoisotopic (exact) mass is 467 g/mol. The van der Waals surface area contributed by atoms with E-state index in [0.717, 1.165) is 29.9 Å². The van der Waals surface area contributed by atoms with Gasteiger partial charge >= 0.3 is 0 Å². The highest BCUT2D eigenvalue weighted by Crippen LogP contribution is 2.26. The van der Waals surface area contributed by atoms with Crippen LogP contribution in [0.1, 0.15) is 31.4 Å². The van der Waals surface area contributed by atoms with Gasteiger partial charge in [-0.15, -0.1) is 24.0 Å². The van der Waals surface area contributed by atoms with E-state index < -0.39 is 0 Å². The maximum atomic E-state index is 5.37. The summed E-state index contributed by atoms with van der Waals surface area (Å²) in [5.74, 6) is 1.88. The Morgan fingerprint density at radius 3 is 3.04 bits per heavy atom. The molecule has 1 fully saturated rings. The molecule has 7 heteroatoms. The van der Waals surface area contributed by atoms with Crippen LogP contribution in [-0.4, -0.2) is 50.3 Å². The number of guanidine groups is 1. The van der Waals surface area contributed by atoms with Gasteiger partial charge in [0.05, 0.1) is 19.4 Å². The molecule has 0 amide bonds. The van der Waals surface area contributed by atoms with Crippen molar-refractivity contribution in [2.45, 2.75) is 43.4 Å². The maximum absolute atomic E-state index is 5.37. The molecule has 2 N–H and O–H groups in total. The molecule has 138 valence electrons. The third-order valence-corrected chi connectivity index (χ3v) is 5.20. The fourth-order valence-corrected chi connectivity index (χ4v) is 3.67. The molecule has 24 heavy (non-hydrogen) atoms. The number of methoxy groups -OCH3 is 1. The van der Waals surface area contributed by atoms with Gasteiger partial charge in [0.25, 0.3) is 0 Å². The normalized spacial score (nSPS) is 21.2. The van der Waals surface area contributed by atoms with Crippen LogP contribution in [0, 0.1) is 0 Å². The zero-order valence-electron chi connectivity index (χ0n) is 14.6. The summed E-state index contributed by atoms with van der Waals surface area (Å²) < 4.78 is 10.5. The van der Waals surface area contributed by atoms with Crippen LogP contribution in [0.25, 0.3) is 0 Å². The number of furan rings is 1. The van der Waals surface area contributed by atoms with Gasteiger partial charge < -0.3 is 19.8 Å². The highest BCUT2D eigenvalue weighted by atomic mass is 127. The van der Waals surface area contributed by atoms with Crippen LogP contribution in [0.3, 0.4) is 0 Å². The standard InChI is InChI=1S/C17H29N3O2S.HI/c1-21-12-10-19-17(18-9-8-15-6-4-11-22-15)20-14-5-3-7-16(13-14)23-2;/h4,6,11,14,16H,3,5,7-10,12-13H2,1-2H3,(H2,18,19,20);1H. The summed E-state index contributed by atoms with van der Waals surface area (Å²) in [6, 6.07) is 4.44. The number of rotatable bonds is 8. The van der Waals surface area contributed by atoms with Crippen LogP contribution in [-0.2, 0) is 11.2 Å². The number of hydrogen-bond donors (Lipinski definition) is 2. The zero-order valence-corrected chi connectivity index (χ0v) is 17.8. The Balaban J connectivity index is 0.00000288. The molecule has 1 heterocycles. The molecule has 1 aliphatic rings. The van der Waals surface area contributed by atoms with Crippen LogP contribution in [0.15, 0.2) is 27.8 Å². The van der Waals surface area contributed by atoms with E-state index >= 15 is 0 Å². The van der Waals surface area contributed by atoms with Gasteiger partial charge in [0, 0.05) is 31.4 Å². The van der Waals surface area contributed by atoms with Gasteiger partial charge in [-0.25, -0.2) is 0 Å². The number of nitrogens with one attached hydrogen (secondary N) is 2. The average Bonchev–Trinajstić information content (AvgIpc) is 3.08. The molecule has 0 aromatic carbocycles. The molecule has 1 aromatic heterocycles. The molecule has 0 aliphatic heterocycles. The number of aliphatic imine (C=N–C) groups is 1. The maximum Gasteiger partial charge on any atom is 0.191 e. The van der Waals surface area contributed by atoms with E-state index in [-0.39, 0.29) is 24.0 Å². The first kappa shape index (κ1) is 21.6. The van der Waals surface area contributed by atoms with E-state index in [1.807, 2.05) is 23.9 Å². The average molecular weight is 467 g/mol. The second kappa shape index (κ2) is 12.9. The molecule has 1 aliphatic carbocycles. The van der Waals surface area contributed by atoms with Crippen molar-refractivity contribution >= 4 is 41.7 Å². The van der Waals surface area contributed by atoms with Crippen molar-refractivity contribution in [3.63, 3.8) is 0 Å². The van der Waals surface area contributed by atoms with E-state index in [9.17, 15) is 0 Å². The SMILES string of the molecule is COCCN=C(NCCc1ccco1)NC1CCCC(SC)C1.I. The van der Waals surface area contributed by atoms with Crippen molar-refractivity contribution in [2.75, 3.05) is 33.1 Å². The number of hydrogen-bond acceptors (Lipinski definition) is 4. The van der Waals surface area contributed by atoms with Crippen molar-refractivity contribution in [3.05, 3.63) is 24.2 Å². The summed E-state index contributed by atoms with van der Waals surface area (Å²) in [7, 11) is 1.71. The number of nitrogens with zero attached hydrogens (tertiary/aromatic N) is 1. The van der Waals surface area contributed by atoms with Crippen molar-refractivity contribution in [2.24, 2.45) is 4.99 Å². The zero-order chi connectivity index (χ0) is 16.3. The summed E-state index contributed by atoms with van der Waals surface area (Å²) in [6.07, 6.45) is 9.84. The van der Waals surface area contributed by atoms with Gasteiger partial charge in [-0.2, -0.15) is 11.8 Å². The van der Waals surface area contributed by atoms with Gasteiger partial charge in [-0.3, -0.25) is 4.99 Å². The van der Waals surface area contributed by atoms with E-state index in [0.29, 0.717) is 19.2 Å². The molecular formula is C17H30IN3O2S.